The molecule has 0 radical (unpaired) electrons. The topological polar surface area (TPSA) is 135 Å². The van der Waals surface area contributed by atoms with Gasteiger partial charge in [0, 0.05) is 39.3 Å². The van der Waals surface area contributed by atoms with Crippen LogP contribution >= 0.6 is 0 Å². The number of aliphatic hydroxyl groups is 1. The Bertz CT molecular complexity index is 2810. The maximum Gasteiger partial charge on any atom is 2.00 e. The third kappa shape index (κ3) is 4.78. The van der Waals surface area contributed by atoms with Crippen LogP contribution in [0.4, 0.5) is 0 Å². The molecule has 0 saturated carbocycles. The second kappa shape index (κ2) is 11.8. The molecule has 0 aliphatic carbocycles. The largest absolute Gasteiger partial charge is 2.00 e. The predicted octanol–water partition coefficient (Wildman–Crippen LogP) is 7.41. The van der Waals surface area contributed by atoms with Crippen molar-refractivity contribution in [3.8, 4) is 57.1 Å². The Labute approximate surface area is 296 Å². The van der Waals surface area contributed by atoms with Gasteiger partial charge in [0.05, 0.1) is 23.8 Å². The zero-order valence-corrected chi connectivity index (χ0v) is 29.3. The van der Waals surface area contributed by atoms with E-state index >= 15 is 0 Å². The second-order valence-electron chi connectivity index (χ2n) is 11.7. The van der Waals surface area contributed by atoms with Crippen molar-refractivity contribution in [2.75, 3.05) is 0 Å². The first kappa shape index (κ1) is 29.9. The molecule has 0 spiro atoms. The molecular formula is C39H22N8O2Zn. The van der Waals surface area contributed by atoms with Crippen LogP contribution in [0, 0.1) is 0 Å². The minimum absolute atomic E-state index is 0. The van der Waals surface area contributed by atoms with Crippen molar-refractivity contribution in [1.82, 2.24) is 39.9 Å². The van der Waals surface area contributed by atoms with E-state index in [-0.39, 0.29) is 26.1 Å². The van der Waals surface area contributed by atoms with Crippen LogP contribution in [-0.2, 0) is 26.1 Å². The number of hydrogen-bond acceptors (Lipinski definition) is 8. The molecule has 0 saturated heterocycles. The second-order valence-corrected chi connectivity index (χ2v) is 11.7. The van der Waals surface area contributed by atoms with Gasteiger partial charge in [-0.3, -0.25) is 0 Å². The van der Waals surface area contributed by atoms with Crippen molar-refractivity contribution >= 4 is 44.1 Å². The number of nitrogens with zero attached hydrogens (tertiary/aromatic N) is 8. The minimum Gasteiger partial charge on any atom is -0.457 e. The smallest absolute Gasteiger partial charge is 0.457 e. The molecule has 1 N–H and O–H groups in total. The summed E-state index contributed by atoms with van der Waals surface area (Å²) in [4.78, 5) is 39.8. The van der Waals surface area contributed by atoms with Gasteiger partial charge in [-0.15, -0.1) is 0 Å². The summed E-state index contributed by atoms with van der Waals surface area (Å²) in [6.45, 7) is -0.0515. The number of aliphatic hydroxyl groups excluding tert-OH is 1. The fraction of sp³-hybridized carbons (Fsp3) is 0.0256. The van der Waals surface area contributed by atoms with Gasteiger partial charge in [0.2, 0.25) is 0 Å². The summed E-state index contributed by atoms with van der Waals surface area (Å²) >= 11 is 0. The molecule has 8 bridgehead atoms. The SMILES string of the molecule is OCc1ccc(Oc2cccc3c2-c2nc4nc(nc5[n-]c(nc6[n-]c(nc-3n2)c2ccccc62)c2ccccc52)-c2ccccc2-4)cc1.[Zn+2]. The Morgan fingerprint density at radius 2 is 0.920 bits per heavy atom. The van der Waals surface area contributed by atoms with Gasteiger partial charge in [0.25, 0.3) is 0 Å². The first-order chi connectivity index (χ1) is 24.2. The Balaban J connectivity index is 0.00000336. The molecule has 0 fully saturated rings. The van der Waals surface area contributed by atoms with Crippen LogP contribution in [0.15, 0.2) is 115 Å². The Morgan fingerprint density at radius 3 is 1.48 bits per heavy atom. The van der Waals surface area contributed by atoms with Crippen LogP contribution in [0.2, 0.25) is 0 Å². The summed E-state index contributed by atoms with van der Waals surface area (Å²) in [5.41, 5.74) is 5.90. The van der Waals surface area contributed by atoms with Gasteiger partial charge in [-0.1, -0.05) is 97.1 Å². The van der Waals surface area contributed by atoms with E-state index in [1.54, 1.807) is 0 Å². The summed E-state index contributed by atoms with van der Waals surface area (Å²) < 4.78 is 6.42. The van der Waals surface area contributed by atoms with E-state index in [0.717, 1.165) is 43.8 Å². The number of benzene rings is 5. The molecule has 50 heavy (non-hydrogen) atoms. The molecule has 10 nitrogen and oxygen atoms in total. The third-order valence-corrected chi connectivity index (χ3v) is 8.75. The van der Waals surface area contributed by atoms with Gasteiger partial charge in [-0.2, -0.15) is 0 Å². The normalized spacial score (nSPS) is 11.6. The molecule has 0 atom stereocenters. The Hall–Kier alpha value is -6.16. The molecule has 11 heteroatoms. The van der Waals surface area contributed by atoms with Crippen LogP contribution in [0.25, 0.3) is 89.7 Å². The first-order valence-electron chi connectivity index (χ1n) is 15.7. The monoisotopic (exact) mass is 698 g/mol. The summed E-state index contributed by atoms with van der Waals surface area (Å²) in [7, 11) is 0. The molecule has 0 amide bonds. The van der Waals surface area contributed by atoms with Gasteiger partial charge < -0.3 is 34.8 Å². The zero-order valence-electron chi connectivity index (χ0n) is 26.3. The van der Waals surface area contributed by atoms with Crippen molar-refractivity contribution in [2.24, 2.45) is 0 Å². The summed E-state index contributed by atoms with van der Waals surface area (Å²) in [6.07, 6.45) is 0. The standard InChI is InChI=1S/C39H22N8O2.Zn/c48-20-21-16-18-22(19-17-21)49-30-15-7-14-29-31(30)39-46-37-28-13-6-5-12-27(28)35(44-37)42-33-24-9-2-1-8-23(24)32(40-33)41-34-25-10-3-4-11-26(25)36(43-34)45-38(29)47-39;/h1-19,48H,20H2;/q-2;+2. The van der Waals surface area contributed by atoms with Crippen LogP contribution in [0.3, 0.4) is 0 Å². The Morgan fingerprint density at radius 1 is 0.460 bits per heavy atom. The number of hydrogen-bond donors (Lipinski definition) is 1. The summed E-state index contributed by atoms with van der Waals surface area (Å²) in [5, 5.41) is 12.9. The zero-order chi connectivity index (χ0) is 32.5. The van der Waals surface area contributed by atoms with Crippen molar-refractivity contribution < 1.29 is 29.3 Å². The van der Waals surface area contributed by atoms with Gasteiger partial charge >= 0.3 is 19.5 Å². The fourth-order valence-corrected chi connectivity index (χ4v) is 6.40. The van der Waals surface area contributed by atoms with Crippen LogP contribution in [0.5, 0.6) is 11.5 Å². The van der Waals surface area contributed by atoms with E-state index < -0.39 is 0 Å². The first-order valence-corrected chi connectivity index (χ1v) is 15.7. The van der Waals surface area contributed by atoms with Crippen molar-refractivity contribution in [2.45, 2.75) is 6.61 Å². The number of aromatic nitrogens is 8. The van der Waals surface area contributed by atoms with E-state index in [2.05, 4.69) is 0 Å². The van der Waals surface area contributed by atoms with E-state index in [4.69, 9.17) is 44.6 Å². The third-order valence-electron chi connectivity index (χ3n) is 8.75. The predicted molar refractivity (Wildman–Crippen MR) is 186 cm³/mol. The molecular weight excluding hydrogens is 678 g/mol. The van der Waals surface area contributed by atoms with Crippen molar-refractivity contribution in [3.63, 3.8) is 0 Å². The molecule has 232 valence electrons. The van der Waals surface area contributed by atoms with Gasteiger partial charge in [0.1, 0.15) is 11.5 Å². The van der Waals surface area contributed by atoms with Crippen molar-refractivity contribution in [1.29, 1.82) is 0 Å². The fourth-order valence-electron chi connectivity index (χ4n) is 6.40. The molecule has 2 aliphatic heterocycles. The molecule has 5 aromatic carbocycles. The van der Waals surface area contributed by atoms with Crippen LogP contribution in [-0.4, -0.2) is 35.0 Å². The van der Waals surface area contributed by atoms with E-state index in [9.17, 15) is 5.11 Å². The van der Waals surface area contributed by atoms with E-state index in [1.165, 1.54) is 0 Å². The maximum atomic E-state index is 9.53. The van der Waals surface area contributed by atoms with E-state index in [0.29, 0.717) is 62.9 Å². The number of ether oxygens (including phenoxy) is 1. The van der Waals surface area contributed by atoms with E-state index in [1.807, 2.05) is 115 Å². The average Bonchev–Trinajstić information content (AvgIpc) is 3.88. The van der Waals surface area contributed by atoms with Gasteiger partial charge in [-0.25, -0.2) is 15.0 Å². The van der Waals surface area contributed by atoms with Gasteiger partial charge in [-0.05, 0) is 45.3 Å². The number of rotatable bonds is 3. The minimum atomic E-state index is -0.0515. The van der Waals surface area contributed by atoms with Gasteiger partial charge in [0.15, 0.2) is 11.6 Å². The summed E-state index contributed by atoms with van der Waals surface area (Å²) in [6, 6.07) is 36.7. The maximum absolute atomic E-state index is 9.53. The molecule has 3 aromatic heterocycles. The molecule has 0 unspecified atom stereocenters. The van der Waals surface area contributed by atoms with Crippen LogP contribution in [0.1, 0.15) is 5.56 Å². The van der Waals surface area contributed by atoms with Crippen LogP contribution < -0.4 is 14.7 Å². The molecule has 8 aromatic rings. The number of fused-ring (bicyclic) bond motifs is 20. The Kier molecular flexibility index (Phi) is 7.05. The average molecular weight is 700 g/mol. The quantitative estimate of drug-likeness (QED) is 0.186. The van der Waals surface area contributed by atoms with Crippen molar-refractivity contribution in [3.05, 3.63) is 121 Å². The molecule has 2 aliphatic rings. The molecule has 10 rings (SSSR count). The summed E-state index contributed by atoms with van der Waals surface area (Å²) in [5.74, 6) is 2.97. The molecule has 5 heterocycles.